The van der Waals surface area contributed by atoms with Gasteiger partial charge in [0.05, 0.1) is 23.1 Å². The van der Waals surface area contributed by atoms with Crippen molar-refractivity contribution in [2.75, 3.05) is 19.6 Å². The molecule has 7 heteroatoms. The van der Waals surface area contributed by atoms with Gasteiger partial charge in [0.1, 0.15) is 11.4 Å². The van der Waals surface area contributed by atoms with Crippen molar-refractivity contribution in [3.8, 4) is 5.75 Å². The van der Waals surface area contributed by atoms with Gasteiger partial charge in [0.2, 0.25) is 5.91 Å². The van der Waals surface area contributed by atoms with Crippen LogP contribution in [0.5, 0.6) is 5.75 Å². The van der Waals surface area contributed by atoms with E-state index in [1.165, 1.54) is 4.90 Å². The highest BCUT2D eigenvalue weighted by Gasteiger charge is 2.43. The number of rotatable bonds is 4. The molecule has 0 N–H and O–H groups in total. The van der Waals surface area contributed by atoms with Crippen LogP contribution in [-0.4, -0.2) is 58.5 Å². The molecule has 3 aliphatic heterocycles. The lowest BCUT2D eigenvalue weighted by Crippen LogP contribution is -2.52. The Balaban J connectivity index is 1.14. The smallest absolute Gasteiger partial charge is 0.261 e. The number of ketones is 1. The van der Waals surface area contributed by atoms with Crippen molar-refractivity contribution in [2.45, 2.75) is 44.6 Å². The van der Waals surface area contributed by atoms with Crippen molar-refractivity contribution in [1.82, 2.24) is 9.80 Å². The third-order valence-corrected chi connectivity index (χ3v) is 6.92. The van der Waals surface area contributed by atoms with Crippen molar-refractivity contribution >= 4 is 23.5 Å². The maximum atomic E-state index is 12.8. The third-order valence-electron chi connectivity index (χ3n) is 6.92. The Kier molecular flexibility index (Phi) is 5.27. The highest BCUT2D eigenvalue weighted by Crippen LogP contribution is 2.39. The Bertz CT molecular complexity index is 1130. The van der Waals surface area contributed by atoms with Gasteiger partial charge in [0.25, 0.3) is 11.8 Å². The lowest BCUT2D eigenvalue weighted by atomic mass is 9.82. The van der Waals surface area contributed by atoms with E-state index in [1.54, 1.807) is 29.2 Å². The Morgan fingerprint density at radius 1 is 0.970 bits per heavy atom. The van der Waals surface area contributed by atoms with Crippen LogP contribution in [0.2, 0.25) is 0 Å². The van der Waals surface area contributed by atoms with E-state index in [0.29, 0.717) is 61.2 Å². The molecule has 2 aromatic rings. The Morgan fingerprint density at radius 2 is 1.64 bits per heavy atom. The van der Waals surface area contributed by atoms with Crippen LogP contribution in [0.25, 0.3) is 0 Å². The first-order valence-corrected chi connectivity index (χ1v) is 11.4. The highest BCUT2D eigenvalue weighted by molar-refractivity contribution is 6.21. The number of piperidine rings is 1. The van der Waals surface area contributed by atoms with Crippen LogP contribution < -0.4 is 4.74 Å². The third kappa shape index (κ3) is 3.81. The maximum Gasteiger partial charge on any atom is 0.261 e. The van der Waals surface area contributed by atoms with E-state index in [1.807, 2.05) is 25.1 Å². The number of hydrogen-bond donors (Lipinski definition) is 0. The monoisotopic (exact) mass is 446 g/mol. The van der Waals surface area contributed by atoms with Crippen LogP contribution in [0.3, 0.4) is 0 Å². The van der Waals surface area contributed by atoms with Gasteiger partial charge in [-0.1, -0.05) is 23.8 Å². The Hall–Kier alpha value is -3.48. The predicted octanol–water partition coefficient (Wildman–Crippen LogP) is 3.40. The molecule has 1 saturated heterocycles. The minimum atomic E-state index is -0.545. The fourth-order valence-corrected chi connectivity index (χ4v) is 5.04. The summed E-state index contributed by atoms with van der Waals surface area (Å²) in [6, 6.07) is 12.5. The van der Waals surface area contributed by atoms with Gasteiger partial charge in [-0.2, -0.15) is 0 Å². The largest absolute Gasteiger partial charge is 0.486 e. The molecular formula is C26H26N2O5. The van der Waals surface area contributed by atoms with E-state index in [-0.39, 0.29) is 36.5 Å². The summed E-state index contributed by atoms with van der Waals surface area (Å²) in [4.78, 5) is 53.4. The number of Topliss-reactive ketones (excluding diaryl/α,β-unsaturated/α-hetero) is 1. The normalized spacial score (nSPS) is 18.9. The Labute approximate surface area is 192 Å². The summed E-state index contributed by atoms with van der Waals surface area (Å²) in [6.07, 6.45) is 2.24. The summed E-state index contributed by atoms with van der Waals surface area (Å²) in [7, 11) is 0. The molecule has 170 valence electrons. The zero-order valence-corrected chi connectivity index (χ0v) is 18.6. The van der Waals surface area contributed by atoms with Crippen molar-refractivity contribution < 1.29 is 23.9 Å². The molecule has 0 atom stereocenters. The first-order chi connectivity index (χ1) is 15.9. The fraction of sp³-hybridized carbons (Fsp3) is 0.385. The zero-order valence-electron chi connectivity index (χ0n) is 18.6. The summed E-state index contributed by atoms with van der Waals surface area (Å²) in [5.74, 6) is 0.146. The van der Waals surface area contributed by atoms with Gasteiger partial charge in [0.15, 0.2) is 5.78 Å². The molecule has 5 rings (SSSR count). The second kappa shape index (κ2) is 8.14. The van der Waals surface area contributed by atoms with E-state index >= 15 is 0 Å². The number of ether oxygens (including phenoxy) is 1. The number of aryl methyl sites for hydroxylation is 1. The first kappa shape index (κ1) is 21.4. The molecular weight excluding hydrogens is 420 g/mol. The minimum absolute atomic E-state index is 0.000352. The summed E-state index contributed by atoms with van der Waals surface area (Å²) in [5.41, 5.74) is 1.98. The summed E-state index contributed by atoms with van der Waals surface area (Å²) in [5, 5.41) is 0. The topological polar surface area (TPSA) is 84.0 Å². The lowest BCUT2D eigenvalue weighted by molar-refractivity contribution is -0.134. The van der Waals surface area contributed by atoms with Gasteiger partial charge >= 0.3 is 0 Å². The van der Waals surface area contributed by atoms with Crippen molar-refractivity contribution in [3.63, 3.8) is 0 Å². The van der Waals surface area contributed by atoms with Crippen LogP contribution in [0.4, 0.5) is 0 Å². The number of hydrogen-bond acceptors (Lipinski definition) is 5. The minimum Gasteiger partial charge on any atom is -0.486 e. The predicted molar refractivity (Wildman–Crippen MR) is 120 cm³/mol. The molecule has 0 unspecified atom stereocenters. The van der Waals surface area contributed by atoms with Crippen LogP contribution in [0, 0.1) is 6.92 Å². The maximum absolute atomic E-state index is 12.8. The molecule has 0 aliphatic carbocycles. The highest BCUT2D eigenvalue weighted by atomic mass is 16.5. The number of benzene rings is 2. The molecule has 3 aliphatic rings. The van der Waals surface area contributed by atoms with Gasteiger partial charge in [-0.25, -0.2) is 0 Å². The molecule has 3 amide bonds. The molecule has 1 fully saturated rings. The molecule has 0 aromatic heterocycles. The lowest BCUT2D eigenvalue weighted by Gasteiger charge is -2.44. The average Bonchev–Trinajstić information content (AvgIpc) is 3.05. The first-order valence-electron chi connectivity index (χ1n) is 11.4. The van der Waals surface area contributed by atoms with Gasteiger partial charge in [0, 0.05) is 38.9 Å². The molecule has 1 spiro atoms. The zero-order chi connectivity index (χ0) is 23.2. The molecule has 2 aromatic carbocycles. The molecule has 3 heterocycles. The number of imide groups is 1. The van der Waals surface area contributed by atoms with E-state index < -0.39 is 5.60 Å². The van der Waals surface area contributed by atoms with Gasteiger partial charge in [-0.15, -0.1) is 0 Å². The van der Waals surface area contributed by atoms with Crippen molar-refractivity contribution in [2.24, 2.45) is 0 Å². The number of amides is 3. The second-order valence-corrected chi connectivity index (χ2v) is 9.18. The average molecular weight is 447 g/mol. The number of fused-ring (bicyclic) bond motifs is 2. The Morgan fingerprint density at radius 3 is 2.30 bits per heavy atom. The van der Waals surface area contributed by atoms with E-state index in [0.717, 1.165) is 5.56 Å². The summed E-state index contributed by atoms with van der Waals surface area (Å²) in [6.45, 7) is 3.24. The number of carbonyl (C=O) groups is 4. The fourth-order valence-electron chi connectivity index (χ4n) is 5.04. The van der Waals surface area contributed by atoms with Gasteiger partial charge < -0.3 is 9.64 Å². The van der Waals surface area contributed by atoms with Crippen LogP contribution in [0.1, 0.15) is 68.7 Å². The standard InChI is InChI=1S/C26H26N2O5/c1-17-8-9-22-20(15-17)21(29)16-26(33-22)10-13-27(14-11-26)23(30)7-4-12-28-24(31)18-5-2-3-6-19(18)25(28)32/h2-3,5-6,8-9,15H,4,7,10-14,16H2,1H3. The summed E-state index contributed by atoms with van der Waals surface area (Å²) >= 11 is 0. The number of likely N-dealkylation sites (tertiary alicyclic amines) is 1. The quantitative estimate of drug-likeness (QED) is 0.672. The molecule has 33 heavy (non-hydrogen) atoms. The van der Waals surface area contributed by atoms with Gasteiger partial charge in [-0.05, 0) is 37.6 Å². The number of carbonyl (C=O) groups excluding carboxylic acids is 4. The molecule has 0 bridgehead atoms. The molecule has 0 saturated carbocycles. The van der Waals surface area contributed by atoms with E-state index in [4.69, 9.17) is 4.74 Å². The van der Waals surface area contributed by atoms with Crippen molar-refractivity contribution in [3.05, 3.63) is 64.7 Å². The van der Waals surface area contributed by atoms with Crippen LogP contribution in [-0.2, 0) is 4.79 Å². The van der Waals surface area contributed by atoms with Crippen LogP contribution >= 0.6 is 0 Å². The SMILES string of the molecule is Cc1ccc2c(c1)C(=O)CC1(CCN(C(=O)CCCN3C(=O)c4ccccc4C3=O)CC1)O2. The molecule has 0 radical (unpaired) electrons. The van der Waals surface area contributed by atoms with E-state index in [2.05, 4.69) is 0 Å². The second-order valence-electron chi connectivity index (χ2n) is 9.18. The summed E-state index contributed by atoms with van der Waals surface area (Å²) < 4.78 is 6.28. The number of nitrogens with zero attached hydrogens (tertiary/aromatic N) is 2. The van der Waals surface area contributed by atoms with Gasteiger partial charge in [-0.3, -0.25) is 24.1 Å². The van der Waals surface area contributed by atoms with Crippen LogP contribution in [0.15, 0.2) is 42.5 Å². The van der Waals surface area contributed by atoms with E-state index in [9.17, 15) is 19.2 Å². The molecule has 7 nitrogen and oxygen atoms in total. The van der Waals surface area contributed by atoms with Crippen molar-refractivity contribution in [1.29, 1.82) is 0 Å².